The fraction of sp³-hybridized carbons (Fsp3) is 0.800. The first-order chi connectivity index (χ1) is 7.47. The minimum absolute atomic E-state index is 0.348. The van der Waals surface area contributed by atoms with Crippen LogP contribution in [0.5, 0.6) is 0 Å². The molecule has 0 aliphatic rings. The molecule has 0 amide bonds. The maximum Gasteiger partial charge on any atom is 0.214 e. The SMILES string of the molecule is C=CCC(OCCOC)C(CC)S(N)(=O)=O. The molecule has 0 aromatic carbocycles. The summed E-state index contributed by atoms with van der Waals surface area (Å²) >= 11 is 0. The number of methoxy groups -OCH3 is 1. The van der Waals surface area contributed by atoms with Crippen molar-refractivity contribution in [3.05, 3.63) is 12.7 Å². The quantitative estimate of drug-likeness (QED) is 0.482. The van der Waals surface area contributed by atoms with Gasteiger partial charge in [-0.15, -0.1) is 6.58 Å². The van der Waals surface area contributed by atoms with Gasteiger partial charge >= 0.3 is 0 Å². The highest BCUT2D eigenvalue weighted by Gasteiger charge is 2.29. The van der Waals surface area contributed by atoms with E-state index in [1.165, 1.54) is 0 Å². The lowest BCUT2D eigenvalue weighted by Crippen LogP contribution is -2.40. The van der Waals surface area contributed by atoms with Crippen LogP contribution in [0.2, 0.25) is 0 Å². The number of primary sulfonamides is 1. The van der Waals surface area contributed by atoms with E-state index >= 15 is 0 Å². The Morgan fingerprint density at radius 2 is 2.06 bits per heavy atom. The molecule has 0 saturated heterocycles. The highest BCUT2D eigenvalue weighted by molar-refractivity contribution is 7.89. The van der Waals surface area contributed by atoms with Gasteiger partial charge in [-0.2, -0.15) is 0 Å². The molecule has 5 nitrogen and oxygen atoms in total. The lowest BCUT2D eigenvalue weighted by molar-refractivity contribution is 0.0163. The van der Waals surface area contributed by atoms with Crippen molar-refractivity contribution < 1.29 is 17.9 Å². The van der Waals surface area contributed by atoms with Crippen LogP contribution in [0.1, 0.15) is 19.8 Å². The van der Waals surface area contributed by atoms with Crippen molar-refractivity contribution in [3.8, 4) is 0 Å². The van der Waals surface area contributed by atoms with Crippen LogP contribution < -0.4 is 5.14 Å². The fourth-order valence-corrected chi connectivity index (χ4v) is 2.56. The third kappa shape index (κ3) is 5.60. The molecule has 0 heterocycles. The molecule has 16 heavy (non-hydrogen) atoms. The topological polar surface area (TPSA) is 78.6 Å². The van der Waals surface area contributed by atoms with Crippen molar-refractivity contribution >= 4 is 10.0 Å². The summed E-state index contributed by atoms with van der Waals surface area (Å²) in [7, 11) is -2.03. The normalized spacial score (nSPS) is 15.7. The van der Waals surface area contributed by atoms with Gasteiger partial charge in [-0.25, -0.2) is 13.6 Å². The molecule has 96 valence electrons. The van der Waals surface area contributed by atoms with E-state index in [-0.39, 0.29) is 0 Å². The fourth-order valence-electron chi connectivity index (χ4n) is 1.48. The van der Waals surface area contributed by atoms with Gasteiger partial charge in [0.05, 0.1) is 19.3 Å². The Balaban J connectivity index is 4.53. The smallest absolute Gasteiger partial charge is 0.214 e. The molecule has 0 saturated carbocycles. The molecule has 0 aliphatic carbocycles. The highest BCUT2D eigenvalue weighted by atomic mass is 32.2. The van der Waals surface area contributed by atoms with Crippen LogP contribution in [0.15, 0.2) is 12.7 Å². The van der Waals surface area contributed by atoms with Crippen molar-refractivity contribution in [2.45, 2.75) is 31.1 Å². The molecule has 0 bridgehead atoms. The van der Waals surface area contributed by atoms with E-state index < -0.39 is 21.4 Å². The van der Waals surface area contributed by atoms with Gasteiger partial charge in [0, 0.05) is 7.11 Å². The van der Waals surface area contributed by atoms with E-state index in [4.69, 9.17) is 14.6 Å². The average Bonchev–Trinajstić information content (AvgIpc) is 2.17. The summed E-state index contributed by atoms with van der Waals surface area (Å²) < 4.78 is 33.0. The first-order valence-corrected chi connectivity index (χ1v) is 6.81. The van der Waals surface area contributed by atoms with E-state index in [1.807, 2.05) is 0 Å². The largest absolute Gasteiger partial charge is 0.382 e. The van der Waals surface area contributed by atoms with E-state index in [9.17, 15) is 8.42 Å². The predicted molar refractivity (Wildman–Crippen MR) is 63.6 cm³/mol. The van der Waals surface area contributed by atoms with Crippen LogP contribution in [0.25, 0.3) is 0 Å². The summed E-state index contributed by atoms with van der Waals surface area (Å²) in [6.07, 6.45) is 2.06. The number of sulfonamides is 1. The van der Waals surface area contributed by atoms with Crippen molar-refractivity contribution in [1.29, 1.82) is 0 Å². The minimum atomic E-state index is -3.59. The first kappa shape index (κ1) is 15.6. The maximum atomic E-state index is 11.3. The van der Waals surface area contributed by atoms with E-state index in [1.54, 1.807) is 20.1 Å². The van der Waals surface area contributed by atoms with Gasteiger partial charge in [-0.3, -0.25) is 0 Å². The molecule has 0 aliphatic heterocycles. The van der Waals surface area contributed by atoms with Crippen LogP contribution >= 0.6 is 0 Å². The van der Waals surface area contributed by atoms with Crippen LogP contribution in [-0.2, 0) is 19.5 Å². The Hall–Kier alpha value is -0.430. The monoisotopic (exact) mass is 251 g/mol. The molecule has 2 N–H and O–H groups in total. The summed E-state index contributed by atoms with van der Waals surface area (Å²) in [5.41, 5.74) is 0. The van der Waals surface area contributed by atoms with Gasteiger partial charge in [-0.1, -0.05) is 13.0 Å². The Morgan fingerprint density at radius 3 is 2.44 bits per heavy atom. The van der Waals surface area contributed by atoms with Crippen LogP contribution in [0.3, 0.4) is 0 Å². The Labute approximate surface area is 97.7 Å². The van der Waals surface area contributed by atoms with Crippen molar-refractivity contribution in [1.82, 2.24) is 0 Å². The molecule has 0 aromatic heterocycles. The zero-order valence-corrected chi connectivity index (χ0v) is 10.7. The summed E-state index contributed by atoms with van der Waals surface area (Å²) in [6, 6.07) is 0. The summed E-state index contributed by atoms with van der Waals surface area (Å²) in [4.78, 5) is 0. The van der Waals surface area contributed by atoms with Crippen molar-refractivity contribution in [3.63, 3.8) is 0 Å². The van der Waals surface area contributed by atoms with Gasteiger partial charge in [-0.05, 0) is 12.8 Å². The van der Waals surface area contributed by atoms with E-state index in [0.29, 0.717) is 26.1 Å². The second kappa shape index (κ2) is 7.78. The molecular formula is C10H21NO4S. The van der Waals surface area contributed by atoms with Gasteiger partial charge < -0.3 is 9.47 Å². The minimum Gasteiger partial charge on any atom is -0.382 e. The van der Waals surface area contributed by atoms with Crippen LogP contribution in [0.4, 0.5) is 0 Å². The molecule has 0 radical (unpaired) electrons. The predicted octanol–water partition coefficient (Wildman–Crippen LogP) is 0.661. The molecule has 2 atom stereocenters. The molecule has 0 spiro atoms. The van der Waals surface area contributed by atoms with E-state index in [0.717, 1.165) is 0 Å². The molecule has 0 rings (SSSR count). The van der Waals surface area contributed by atoms with Crippen LogP contribution in [-0.4, -0.2) is 40.1 Å². The molecular weight excluding hydrogens is 230 g/mol. The standard InChI is InChI=1S/C10H21NO4S/c1-4-6-9(15-8-7-14-3)10(5-2)16(11,12)13/h4,9-10H,1,5-8H2,2-3H3,(H2,11,12,13). The zero-order valence-electron chi connectivity index (χ0n) is 9.89. The van der Waals surface area contributed by atoms with Crippen molar-refractivity contribution in [2.75, 3.05) is 20.3 Å². The van der Waals surface area contributed by atoms with Gasteiger partial charge in [0.2, 0.25) is 10.0 Å². The average molecular weight is 251 g/mol. The molecule has 6 heteroatoms. The third-order valence-electron chi connectivity index (χ3n) is 2.26. The molecule has 0 aromatic rings. The third-order valence-corrected chi connectivity index (χ3v) is 3.74. The number of ether oxygens (including phenoxy) is 2. The number of rotatable bonds is 9. The van der Waals surface area contributed by atoms with Gasteiger partial charge in [0.1, 0.15) is 5.25 Å². The number of nitrogens with two attached hydrogens (primary N) is 1. The van der Waals surface area contributed by atoms with Crippen LogP contribution in [0, 0.1) is 0 Å². The highest BCUT2D eigenvalue weighted by Crippen LogP contribution is 2.15. The lowest BCUT2D eigenvalue weighted by Gasteiger charge is -2.23. The summed E-state index contributed by atoms with van der Waals surface area (Å²) in [5, 5.41) is 4.46. The van der Waals surface area contributed by atoms with Gasteiger partial charge in [0.25, 0.3) is 0 Å². The molecule has 0 fully saturated rings. The van der Waals surface area contributed by atoms with Gasteiger partial charge in [0.15, 0.2) is 0 Å². The Kier molecular flexibility index (Phi) is 7.57. The molecule has 2 unspecified atom stereocenters. The second-order valence-electron chi connectivity index (χ2n) is 3.46. The summed E-state index contributed by atoms with van der Waals surface area (Å²) in [6.45, 7) is 6.12. The Bertz CT molecular complexity index is 289. The Morgan fingerprint density at radius 1 is 1.44 bits per heavy atom. The first-order valence-electron chi connectivity index (χ1n) is 5.20. The maximum absolute atomic E-state index is 11.3. The zero-order chi connectivity index (χ0) is 12.6. The second-order valence-corrected chi connectivity index (χ2v) is 5.25. The lowest BCUT2D eigenvalue weighted by atomic mass is 10.1. The number of hydrogen-bond donors (Lipinski definition) is 1. The van der Waals surface area contributed by atoms with Crippen molar-refractivity contribution in [2.24, 2.45) is 5.14 Å². The van der Waals surface area contributed by atoms with E-state index in [2.05, 4.69) is 6.58 Å². The number of hydrogen-bond acceptors (Lipinski definition) is 4. The summed E-state index contributed by atoms with van der Waals surface area (Å²) in [5.74, 6) is 0.